The highest BCUT2D eigenvalue weighted by Crippen LogP contribution is 2.24. The lowest BCUT2D eigenvalue weighted by atomic mass is 10.1. The van der Waals surface area contributed by atoms with Crippen LogP contribution in [0.15, 0.2) is 6.33 Å². The van der Waals surface area contributed by atoms with Gasteiger partial charge >= 0.3 is 6.09 Å². The standard InChI is InChI=1S/C13H22N4O2/c1-9-11(16-8-15-9)10-7-14-5-6-17(10)12(18)19-13(2,3)4/h8,10,14H,5-7H2,1-4H3,(H,15,16). The van der Waals surface area contributed by atoms with Crippen molar-refractivity contribution in [1.82, 2.24) is 20.2 Å². The van der Waals surface area contributed by atoms with E-state index in [9.17, 15) is 4.79 Å². The van der Waals surface area contributed by atoms with Gasteiger partial charge in [-0.3, -0.25) is 4.90 Å². The van der Waals surface area contributed by atoms with E-state index in [0.717, 1.165) is 17.9 Å². The number of amides is 1. The second-order valence-electron chi connectivity index (χ2n) is 5.81. The lowest BCUT2D eigenvalue weighted by molar-refractivity contribution is 0.0113. The number of nitrogens with zero attached hydrogens (tertiary/aromatic N) is 2. The molecule has 0 bridgehead atoms. The summed E-state index contributed by atoms with van der Waals surface area (Å²) in [6, 6.07) is -0.0742. The molecule has 2 N–H and O–H groups in total. The van der Waals surface area contributed by atoms with Gasteiger partial charge in [0, 0.05) is 25.3 Å². The monoisotopic (exact) mass is 266 g/mol. The smallest absolute Gasteiger partial charge is 0.410 e. The van der Waals surface area contributed by atoms with Crippen LogP contribution in [0.1, 0.15) is 38.2 Å². The predicted molar refractivity (Wildman–Crippen MR) is 71.9 cm³/mol. The summed E-state index contributed by atoms with van der Waals surface area (Å²) in [6.07, 6.45) is 1.38. The number of carbonyl (C=O) groups excluding carboxylic acids is 1. The Morgan fingerprint density at radius 2 is 2.26 bits per heavy atom. The molecule has 1 fully saturated rings. The van der Waals surface area contributed by atoms with Gasteiger partial charge in [-0.15, -0.1) is 0 Å². The molecule has 0 radical (unpaired) electrons. The molecule has 1 aromatic rings. The molecular weight excluding hydrogens is 244 g/mol. The number of H-pyrrole nitrogens is 1. The Hall–Kier alpha value is -1.56. The molecule has 106 valence electrons. The number of imidazole rings is 1. The van der Waals surface area contributed by atoms with Crippen molar-refractivity contribution in [1.29, 1.82) is 0 Å². The SMILES string of the molecule is Cc1[nH]cnc1C1CNCCN1C(=O)OC(C)(C)C. The van der Waals surface area contributed by atoms with Gasteiger partial charge < -0.3 is 15.0 Å². The number of hydrogen-bond acceptors (Lipinski definition) is 4. The van der Waals surface area contributed by atoms with E-state index in [4.69, 9.17) is 4.74 Å². The fraction of sp³-hybridized carbons (Fsp3) is 0.692. The minimum atomic E-state index is -0.479. The van der Waals surface area contributed by atoms with Crippen molar-refractivity contribution in [3.8, 4) is 0 Å². The molecule has 0 saturated carbocycles. The number of carbonyl (C=O) groups is 1. The quantitative estimate of drug-likeness (QED) is 0.810. The van der Waals surface area contributed by atoms with Crippen molar-refractivity contribution >= 4 is 6.09 Å². The van der Waals surface area contributed by atoms with E-state index in [1.165, 1.54) is 0 Å². The number of piperazine rings is 1. The van der Waals surface area contributed by atoms with E-state index in [1.807, 2.05) is 27.7 Å². The number of aromatic nitrogens is 2. The molecule has 1 aliphatic rings. The minimum absolute atomic E-state index is 0.0742. The average Bonchev–Trinajstić information content (AvgIpc) is 2.73. The molecule has 1 amide bonds. The number of rotatable bonds is 1. The zero-order chi connectivity index (χ0) is 14.0. The summed E-state index contributed by atoms with van der Waals surface area (Å²) in [5.74, 6) is 0. The van der Waals surface area contributed by atoms with Crippen LogP contribution >= 0.6 is 0 Å². The summed E-state index contributed by atoms with van der Waals surface area (Å²) < 4.78 is 5.47. The molecule has 1 aliphatic heterocycles. The Labute approximate surface area is 113 Å². The molecular formula is C13H22N4O2. The summed E-state index contributed by atoms with van der Waals surface area (Å²) in [7, 11) is 0. The zero-order valence-electron chi connectivity index (χ0n) is 12.0. The highest BCUT2D eigenvalue weighted by molar-refractivity contribution is 5.69. The Balaban J connectivity index is 2.17. The molecule has 6 heteroatoms. The van der Waals surface area contributed by atoms with Crippen LogP contribution < -0.4 is 5.32 Å². The van der Waals surface area contributed by atoms with Crippen LogP contribution in [0, 0.1) is 6.92 Å². The first-order valence-electron chi connectivity index (χ1n) is 6.58. The van der Waals surface area contributed by atoms with E-state index in [1.54, 1.807) is 11.2 Å². The first-order valence-corrected chi connectivity index (χ1v) is 6.58. The van der Waals surface area contributed by atoms with Gasteiger partial charge in [-0.05, 0) is 27.7 Å². The largest absolute Gasteiger partial charge is 0.444 e. The van der Waals surface area contributed by atoms with Gasteiger partial charge in [-0.2, -0.15) is 0 Å². The van der Waals surface area contributed by atoms with Gasteiger partial charge in [-0.25, -0.2) is 9.78 Å². The van der Waals surface area contributed by atoms with Gasteiger partial charge in [0.2, 0.25) is 0 Å². The Bertz CT molecular complexity index is 450. The molecule has 0 aromatic carbocycles. The normalized spacial score (nSPS) is 20.4. The number of ether oxygens (including phenoxy) is 1. The minimum Gasteiger partial charge on any atom is -0.444 e. The van der Waals surface area contributed by atoms with Crippen molar-refractivity contribution in [2.24, 2.45) is 0 Å². The summed E-state index contributed by atoms with van der Waals surface area (Å²) in [5, 5.41) is 3.29. The average molecular weight is 266 g/mol. The van der Waals surface area contributed by atoms with Crippen LogP contribution in [0.2, 0.25) is 0 Å². The fourth-order valence-corrected chi connectivity index (χ4v) is 2.19. The summed E-state index contributed by atoms with van der Waals surface area (Å²) >= 11 is 0. The lowest BCUT2D eigenvalue weighted by Gasteiger charge is -2.36. The van der Waals surface area contributed by atoms with Gasteiger partial charge in [0.15, 0.2) is 0 Å². The van der Waals surface area contributed by atoms with Crippen molar-refractivity contribution in [2.75, 3.05) is 19.6 Å². The maximum absolute atomic E-state index is 12.3. The maximum Gasteiger partial charge on any atom is 0.410 e. The highest BCUT2D eigenvalue weighted by atomic mass is 16.6. The molecule has 2 rings (SSSR count). The first kappa shape index (κ1) is 13.9. The van der Waals surface area contributed by atoms with Crippen molar-refractivity contribution in [3.05, 3.63) is 17.7 Å². The summed E-state index contributed by atoms with van der Waals surface area (Å²) in [5.41, 5.74) is 1.41. The first-order chi connectivity index (χ1) is 8.88. The molecule has 1 saturated heterocycles. The molecule has 1 atom stereocenters. The van der Waals surface area contributed by atoms with Crippen molar-refractivity contribution < 1.29 is 9.53 Å². The van der Waals surface area contributed by atoms with Crippen LogP contribution in [0.3, 0.4) is 0 Å². The van der Waals surface area contributed by atoms with Crippen LogP contribution in [-0.2, 0) is 4.74 Å². The van der Waals surface area contributed by atoms with Gasteiger partial charge in [-0.1, -0.05) is 0 Å². The molecule has 0 aliphatic carbocycles. The van der Waals surface area contributed by atoms with Crippen molar-refractivity contribution in [2.45, 2.75) is 39.3 Å². The second kappa shape index (κ2) is 5.21. The van der Waals surface area contributed by atoms with E-state index in [-0.39, 0.29) is 12.1 Å². The fourth-order valence-electron chi connectivity index (χ4n) is 2.19. The van der Waals surface area contributed by atoms with E-state index < -0.39 is 5.60 Å². The van der Waals surface area contributed by atoms with Crippen LogP contribution in [0.5, 0.6) is 0 Å². The van der Waals surface area contributed by atoms with Crippen LogP contribution in [0.25, 0.3) is 0 Å². The topological polar surface area (TPSA) is 70.2 Å². The van der Waals surface area contributed by atoms with Gasteiger partial charge in [0.05, 0.1) is 18.1 Å². The molecule has 1 aromatic heterocycles. The van der Waals surface area contributed by atoms with E-state index in [2.05, 4.69) is 15.3 Å². The third kappa shape index (κ3) is 3.26. The molecule has 0 spiro atoms. The second-order valence-corrected chi connectivity index (χ2v) is 5.81. The maximum atomic E-state index is 12.3. The number of aryl methyl sites for hydroxylation is 1. The summed E-state index contributed by atoms with van der Waals surface area (Å²) in [4.78, 5) is 21.4. The highest BCUT2D eigenvalue weighted by Gasteiger charge is 2.33. The van der Waals surface area contributed by atoms with Crippen molar-refractivity contribution in [3.63, 3.8) is 0 Å². The van der Waals surface area contributed by atoms with E-state index >= 15 is 0 Å². The number of hydrogen-bond donors (Lipinski definition) is 2. The predicted octanol–water partition coefficient (Wildman–Crippen LogP) is 1.60. The van der Waals surface area contributed by atoms with Crippen LogP contribution in [-0.4, -0.2) is 46.2 Å². The molecule has 2 heterocycles. The molecule has 1 unspecified atom stereocenters. The Morgan fingerprint density at radius 1 is 1.53 bits per heavy atom. The lowest BCUT2D eigenvalue weighted by Crippen LogP contribution is -2.50. The third-order valence-electron chi connectivity index (χ3n) is 3.06. The zero-order valence-corrected chi connectivity index (χ0v) is 12.0. The van der Waals surface area contributed by atoms with E-state index in [0.29, 0.717) is 13.1 Å². The number of nitrogens with one attached hydrogen (secondary N) is 2. The Morgan fingerprint density at radius 3 is 2.84 bits per heavy atom. The molecule has 19 heavy (non-hydrogen) atoms. The van der Waals surface area contributed by atoms with Gasteiger partial charge in [0.1, 0.15) is 5.60 Å². The number of aromatic amines is 1. The summed E-state index contributed by atoms with van der Waals surface area (Å²) in [6.45, 7) is 9.70. The third-order valence-corrected chi connectivity index (χ3v) is 3.06. The molecule has 6 nitrogen and oxygen atoms in total. The van der Waals surface area contributed by atoms with Crippen LogP contribution in [0.4, 0.5) is 4.79 Å². The Kier molecular flexibility index (Phi) is 3.80. The van der Waals surface area contributed by atoms with Gasteiger partial charge in [0.25, 0.3) is 0 Å².